The molecule has 1 saturated heterocycles. The van der Waals surface area contributed by atoms with Gasteiger partial charge in [0.15, 0.2) is 0 Å². The van der Waals surface area contributed by atoms with E-state index in [4.69, 9.17) is 0 Å². The third-order valence-electron chi connectivity index (χ3n) is 5.05. The summed E-state index contributed by atoms with van der Waals surface area (Å²) in [5.74, 6) is -0.469. The molecule has 1 unspecified atom stereocenters. The molecule has 1 fully saturated rings. The molecule has 2 heterocycles. The largest absolute Gasteiger partial charge is 0.351 e. The van der Waals surface area contributed by atoms with Crippen molar-refractivity contribution in [2.24, 2.45) is 0 Å². The zero-order valence-electron chi connectivity index (χ0n) is 14.5. The normalized spacial score (nSPS) is 16.0. The van der Waals surface area contributed by atoms with Crippen LogP contribution in [0.25, 0.3) is 10.9 Å². The first-order valence-corrected chi connectivity index (χ1v) is 9.06. The third kappa shape index (κ3) is 3.48. The number of fused-ring (bicyclic) bond motifs is 1. The van der Waals surface area contributed by atoms with Crippen LogP contribution in [0.4, 0.5) is 4.39 Å². The number of benzene rings is 2. The number of rotatable bonds is 5. The smallest absolute Gasteiger partial charge is 0.267 e. The molecule has 4 rings (SSSR count). The lowest BCUT2D eigenvalue weighted by Gasteiger charge is -2.28. The standard InChI is InChI=1S/C21H22FN3O/c22-17-8-9-18-16(12-17)13-19(24-18)21(26)23-14-20(25-10-4-5-11-25)15-6-2-1-3-7-15/h1-3,6-9,12-13,20,24H,4-5,10-11,14H2,(H,23,26). The second-order valence-electron chi connectivity index (χ2n) is 6.79. The minimum Gasteiger partial charge on any atom is -0.351 e. The van der Waals surface area contributed by atoms with Crippen molar-refractivity contribution in [3.8, 4) is 0 Å². The van der Waals surface area contributed by atoms with Crippen LogP contribution in [0, 0.1) is 5.82 Å². The highest BCUT2D eigenvalue weighted by atomic mass is 19.1. The summed E-state index contributed by atoms with van der Waals surface area (Å²) in [6.07, 6.45) is 2.40. The Morgan fingerprint density at radius 1 is 1.12 bits per heavy atom. The van der Waals surface area contributed by atoms with E-state index >= 15 is 0 Å². The number of hydrogen-bond donors (Lipinski definition) is 2. The Balaban J connectivity index is 1.50. The van der Waals surface area contributed by atoms with E-state index in [2.05, 4.69) is 27.3 Å². The number of aromatic amines is 1. The Labute approximate surface area is 152 Å². The summed E-state index contributed by atoms with van der Waals surface area (Å²) in [5, 5.41) is 3.75. The van der Waals surface area contributed by atoms with Gasteiger partial charge in [-0.05, 0) is 55.8 Å². The van der Waals surface area contributed by atoms with Gasteiger partial charge in [0.05, 0.1) is 6.04 Å². The third-order valence-corrected chi connectivity index (χ3v) is 5.05. The second kappa shape index (κ2) is 7.30. The first kappa shape index (κ1) is 16.8. The van der Waals surface area contributed by atoms with E-state index in [0.29, 0.717) is 17.6 Å². The molecule has 1 amide bonds. The molecule has 3 aromatic rings. The molecule has 1 aliphatic heterocycles. The summed E-state index contributed by atoms with van der Waals surface area (Å²) in [5.41, 5.74) is 2.43. The fourth-order valence-electron chi connectivity index (χ4n) is 3.70. The van der Waals surface area contributed by atoms with Crippen molar-refractivity contribution < 1.29 is 9.18 Å². The molecule has 26 heavy (non-hydrogen) atoms. The Kier molecular flexibility index (Phi) is 4.71. The van der Waals surface area contributed by atoms with Crippen LogP contribution in [-0.2, 0) is 0 Å². The van der Waals surface area contributed by atoms with Crippen LogP contribution in [0.1, 0.15) is 34.9 Å². The molecule has 0 radical (unpaired) electrons. The summed E-state index contributed by atoms with van der Waals surface area (Å²) in [6.45, 7) is 2.66. The summed E-state index contributed by atoms with van der Waals surface area (Å²) >= 11 is 0. The first-order valence-electron chi connectivity index (χ1n) is 9.06. The van der Waals surface area contributed by atoms with Crippen molar-refractivity contribution in [3.63, 3.8) is 0 Å². The lowest BCUT2D eigenvalue weighted by molar-refractivity contribution is 0.0933. The number of H-pyrrole nitrogens is 1. The Hall–Kier alpha value is -2.66. The maximum atomic E-state index is 13.3. The van der Waals surface area contributed by atoms with Crippen LogP contribution in [0.2, 0.25) is 0 Å². The number of carbonyl (C=O) groups is 1. The Morgan fingerprint density at radius 3 is 2.65 bits per heavy atom. The molecule has 1 aliphatic rings. The molecular formula is C21H22FN3O. The van der Waals surface area contributed by atoms with Crippen molar-refractivity contribution in [2.75, 3.05) is 19.6 Å². The summed E-state index contributed by atoms with van der Waals surface area (Å²) in [6, 6.07) is 16.6. The van der Waals surface area contributed by atoms with Crippen molar-refractivity contribution in [3.05, 3.63) is 71.7 Å². The number of likely N-dealkylation sites (tertiary alicyclic amines) is 1. The van der Waals surface area contributed by atoms with E-state index in [-0.39, 0.29) is 17.8 Å². The van der Waals surface area contributed by atoms with Crippen molar-refractivity contribution >= 4 is 16.8 Å². The molecule has 0 aliphatic carbocycles. The molecule has 0 saturated carbocycles. The number of aromatic nitrogens is 1. The molecule has 1 aromatic heterocycles. The van der Waals surface area contributed by atoms with E-state index < -0.39 is 0 Å². The predicted octanol–water partition coefficient (Wildman–Crippen LogP) is 3.87. The average molecular weight is 351 g/mol. The zero-order chi connectivity index (χ0) is 17.9. The highest BCUT2D eigenvalue weighted by molar-refractivity contribution is 5.98. The number of halogens is 1. The number of amides is 1. The number of hydrogen-bond acceptors (Lipinski definition) is 2. The van der Waals surface area contributed by atoms with Gasteiger partial charge in [-0.3, -0.25) is 9.69 Å². The highest BCUT2D eigenvalue weighted by Gasteiger charge is 2.24. The van der Waals surface area contributed by atoms with Crippen LogP contribution in [0.5, 0.6) is 0 Å². The predicted molar refractivity (Wildman–Crippen MR) is 101 cm³/mol. The van der Waals surface area contributed by atoms with E-state index in [9.17, 15) is 9.18 Å². The van der Waals surface area contributed by atoms with Gasteiger partial charge in [-0.15, -0.1) is 0 Å². The summed E-state index contributed by atoms with van der Waals surface area (Å²) in [4.78, 5) is 18.1. The van der Waals surface area contributed by atoms with Crippen LogP contribution in [0.3, 0.4) is 0 Å². The zero-order valence-corrected chi connectivity index (χ0v) is 14.5. The van der Waals surface area contributed by atoms with Gasteiger partial charge in [0, 0.05) is 17.4 Å². The number of carbonyl (C=O) groups excluding carboxylic acids is 1. The monoisotopic (exact) mass is 351 g/mol. The Morgan fingerprint density at radius 2 is 1.88 bits per heavy atom. The van der Waals surface area contributed by atoms with Crippen molar-refractivity contribution in [1.82, 2.24) is 15.2 Å². The van der Waals surface area contributed by atoms with E-state index in [0.717, 1.165) is 18.6 Å². The van der Waals surface area contributed by atoms with Crippen LogP contribution >= 0.6 is 0 Å². The van der Waals surface area contributed by atoms with Gasteiger partial charge in [0.2, 0.25) is 0 Å². The quantitative estimate of drug-likeness (QED) is 0.733. The maximum absolute atomic E-state index is 13.3. The Bertz CT molecular complexity index is 900. The van der Waals surface area contributed by atoms with Gasteiger partial charge in [-0.25, -0.2) is 4.39 Å². The molecule has 2 aromatic carbocycles. The van der Waals surface area contributed by atoms with Crippen molar-refractivity contribution in [2.45, 2.75) is 18.9 Å². The average Bonchev–Trinajstić information content (AvgIpc) is 3.32. The van der Waals surface area contributed by atoms with E-state index in [1.807, 2.05) is 18.2 Å². The minimum atomic E-state index is -0.304. The minimum absolute atomic E-state index is 0.165. The van der Waals surface area contributed by atoms with Gasteiger partial charge in [0.1, 0.15) is 11.5 Å². The van der Waals surface area contributed by atoms with Gasteiger partial charge >= 0.3 is 0 Å². The fourth-order valence-corrected chi connectivity index (χ4v) is 3.70. The van der Waals surface area contributed by atoms with E-state index in [1.54, 1.807) is 12.1 Å². The number of nitrogens with one attached hydrogen (secondary N) is 2. The second-order valence-corrected chi connectivity index (χ2v) is 6.79. The SMILES string of the molecule is O=C(NCC(c1ccccc1)N1CCCC1)c1cc2cc(F)ccc2[nH]1. The van der Waals surface area contributed by atoms with Gasteiger partial charge in [0.25, 0.3) is 5.91 Å². The lowest BCUT2D eigenvalue weighted by atomic mass is 10.1. The summed E-state index contributed by atoms with van der Waals surface area (Å²) < 4.78 is 13.3. The molecule has 1 atom stereocenters. The number of nitrogens with zero attached hydrogens (tertiary/aromatic N) is 1. The van der Waals surface area contributed by atoms with Crippen LogP contribution in [0.15, 0.2) is 54.6 Å². The first-order chi connectivity index (χ1) is 12.7. The van der Waals surface area contributed by atoms with Crippen molar-refractivity contribution in [1.29, 1.82) is 0 Å². The molecule has 5 heteroatoms. The van der Waals surface area contributed by atoms with Crippen LogP contribution < -0.4 is 5.32 Å². The molecule has 0 spiro atoms. The maximum Gasteiger partial charge on any atom is 0.267 e. The molecule has 134 valence electrons. The molecule has 2 N–H and O–H groups in total. The lowest BCUT2D eigenvalue weighted by Crippen LogP contribution is -2.36. The summed E-state index contributed by atoms with van der Waals surface area (Å²) in [7, 11) is 0. The topological polar surface area (TPSA) is 48.1 Å². The highest BCUT2D eigenvalue weighted by Crippen LogP contribution is 2.24. The molecule has 0 bridgehead atoms. The van der Waals surface area contributed by atoms with Crippen LogP contribution in [-0.4, -0.2) is 35.4 Å². The van der Waals surface area contributed by atoms with Gasteiger partial charge in [-0.2, -0.15) is 0 Å². The molecule has 4 nitrogen and oxygen atoms in total. The van der Waals surface area contributed by atoms with E-state index in [1.165, 1.54) is 30.5 Å². The van der Waals surface area contributed by atoms with Gasteiger partial charge in [-0.1, -0.05) is 30.3 Å². The van der Waals surface area contributed by atoms with Gasteiger partial charge < -0.3 is 10.3 Å². The fraction of sp³-hybridized carbons (Fsp3) is 0.286. The molecular weight excluding hydrogens is 329 g/mol.